The van der Waals surface area contributed by atoms with E-state index in [1.165, 1.54) is 6.20 Å². The molecule has 2 amide bonds. The normalized spacial score (nSPS) is 18.9. The zero-order valence-corrected chi connectivity index (χ0v) is 17.0. The molecule has 29 heavy (non-hydrogen) atoms. The lowest BCUT2D eigenvalue weighted by Gasteiger charge is -2.39. The summed E-state index contributed by atoms with van der Waals surface area (Å²) in [6.07, 6.45) is 2.50. The van der Waals surface area contributed by atoms with Crippen LogP contribution >= 0.6 is 15.9 Å². The second-order valence-electron chi connectivity index (χ2n) is 6.75. The van der Waals surface area contributed by atoms with E-state index in [0.29, 0.717) is 35.5 Å². The highest BCUT2D eigenvalue weighted by Crippen LogP contribution is 2.30. The summed E-state index contributed by atoms with van der Waals surface area (Å²) < 4.78 is 0.479. The maximum absolute atomic E-state index is 12.7. The molecule has 0 spiro atoms. The number of aromatic nitrogens is 2. The third-order valence-electron chi connectivity index (χ3n) is 4.62. The Balaban J connectivity index is 1.85. The molecule has 2 unspecified atom stereocenters. The molecule has 0 saturated carbocycles. The van der Waals surface area contributed by atoms with Crippen molar-refractivity contribution < 1.29 is 19.8 Å². The molecule has 0 bridgehead atoms. The Morgan fingerprint density at radius 3 is 2.83 bits per heavy atom. The Labute approximate surface area is 175 Å². The molecule has 2 aromatic rings. The predicted octanol–water partition coefficient (Wildman–Crippen LogP) is 1.53. The maximum Gasteiger partial charge on any atom is 0.404 e. The molecule has 11 heteroatoms. The van der Waals surface area contributed by atoms with Crippen LogP contribution in [0.3, 0.4) is 0 Å². The van der Waals surface area contributed by atoms with Gasteiger partial charge in [0.15, 0.2) is 5.69 Å². The van der Waals surface area contributed by atoms with Gasteiger partial charge in [-0.15, -0.1) is 0 Å². The van der Waals surface area contributed by atoms with Crippen molar-refractivity contribution in [1.29, 1.82) is 0 Å². The fraction of sp³-hybridized carbons (Fsp3) is 0.333. The van der Waals surface area contributed by atoms with Crippen molar-refractivity contribution in [3.05, 3.63) is 40.9 Å². The zero-order valence-electron chi connectivity index (χ0n) is 15.4. The summed E-state index contributed by atoms with van der Waals surface area (Å²) in [6, 6.07) is 4.59. The number of rotatable bonds is 5. The van der Waals surface area contributed by atoms with Crippen LogP contribution in [0, 0.1) is 5.92 Å². The van der Waals surface area contributed by atoms with Crippen LogP contribution in [-0.4, -0.2) is 57.9 Å². The van der Waals surface area contributed by atoms with Gasteiger partial charge in [-0.3, -0.25) is 9.78 Å². The van der Waals surface area contributed by atoms with E-state index in [1.54, 1.807) is 24.4 Å². The largest absolute Gasteiger partial charge is 0.465 e. The number of aliphatic hydroxyl groups is 1. The van der Waals surface area contributed by atoms with Gasteiger partial charge in [-0.1, -0.05) is 0 Å². The van der Waals surface area contributed by atoms with Gasteiger partial charge in [0.1, 0.15) is 4.60 Å². The Morgan fingerprint density at radius 2 is 2.10 bits per heavy atom. The van der Waals surface area contributed by atoms with Gasteiger partial charge in [0.05, 0.1) is 29.3 Å². The highest BCUT2D eigenvalue weighted by molar-refractivity contribution is 9.10. The molecular weight excluding hydrogens is 444 g/mol. The molecule has 10 nitrogen and oxygen atoms in total. The number of nitrogen functional groups attached to an aromatic ring is 1. The third kappa shape index (κ3) is 5.12. The lowest BCUT2D eigenvalue weighted by molar-refractivity contribution is 0.102. The Kier molecular flexibility index (Phi) is 6.49. The number of amides is 2. The lowest BCUT2D eigenvalue weighted by atomic mass is 9.94. The molecule has 0 radical (unpaired) electrons. The summed E-state index contributed by atoms with van der Waals surface area (Å²) in [4.78, 5) is 33.9. The standard InChI is InChI=1S/C18H21BrN6O4/c19-15-2-1-12(20)16(24-15)17(27)23-13-6-21-4-3-14(13)25-7-10(9-26)5-11(8-25)22-18(28)29/h1-4,6,10-11,22,26H,5,7-9,20H2,(H,23,27)(H,28,29). The number of carboxylic acid groups (broad SMARTS) is 1. The number of nitrogens with zero attached hydrogens (tertiary/aromatic N) is 3. The number of pyridine rings is 2. The topological polar surface area (TPSA) is 154 Å². The molecule has 2 atom stereocenters. The van der Waals surface area contributed by atoms with Crippen LogP contribution in [0.25, 0.3) is 0 Å². The number of halogens is 1. The van der Waals surface area contributed by atoms with Crippen LogP contribution in [0.1, 0.15) is 16.9 Å². The van der Waals surface area contributed by atoms with Gasteiger partial charge < -0.3 is 31.5 Å². The summed E-state index contributed by atoms with van der Waals surface area (Å²) in [5, 5.41) is 23.9. The molecule has 2 aromatic heterocycles. The summed E-state index contributed by atoms with van der Waals surface area (Å²) in [7, 11) is 0. The number of aliphatic hydroxyl groups excluding tert-OH is 1. The molecule has 1 aliphatic heterocycles. The number of carbonyl (C=O) groups is 2. The van der Waals surface area contributed by atoms with E-state index in [4.69, 9.17) is 10.8 Å². The first kappa shape index (κ1) is 20.8. The van der Waals surface area contributed by atoms with E-state index in [0.717, 1.165) is 0 Å². The number of carbonyl (C=O) groups excluding carboxylic acids is 1. The average Bonchev–Trinajstić information content (AvgIpc) is 2.69. The minimum Gasteiger partial charge on any atom is -0.465 e. The van der Waals surface area contributed by atoms with Crippen molar-refractivity contribution >= 4 is 45.0 Å². The molecule has 6 N–H and O–H groups in total. The zero-order chi connectivity index (χ0) is 21.0. The summed E-state index contributed by atoms with van der Waals surface area (Å²) in [5.41, 5.74) is 7.28. The van der Waals surface area contributed by atoms with E-state index >= 15 is 0 Å². The minimum absolute atomic E-state index is 0.0699. The Morgan fingerprint density at radius 1 is 1.31 bits per heavy atom. The number of nitrogens with one attached hydrogen (secondary N) is 2. The molecular formula is C18H21BrN6O4. The summed E-state index contributed by atoms with van der Waals surface area (Å²) in [5.74, 6) is -0.603. The smallest absolute Gasteiger partial charge is 0.404 e. The molecule has 3 heterocycles. The molecule has 1 aliphatic rings. The van der Waals surface area contributed by atoms with Crippen molar-refractivity contribution in [2.75, 3.05) is 35.6 Å². The average molecular weight is 465 g/mol. The highest BCUT2D eigenvalue weighted by atomic mass is 79.9. The quantitative estimate of drug-likeness (QED) is 0.417. The SMILES string of the molecule is Nc1ccc(Br)nc1C(=O)Nc1cnccc1N1CC(CO)CC(NC(=O)O)C1. The van der Waals surface area contributed by atoms with Crippen molar-refractivity contribution in [3.63, 3.8) is 0 Å². The first-order valence-electron chi connectivity index (χ1n) is 8.90. The first-order chi connectivity index (χ1) is 13.9. The first-order valence-corrected chi connectivity index (χ1v) is 9.69. The van der Waals surface area contributed by atoms with Crippen molar-refractivity contribution in [2.24, 2.45) is 5.92 Å². The number of anilines is 3. The van der Waals surface area contributed by atoms with Crippen LogP contribution in [0.4, 0.5) is 21.9 Å². The van der Waals surface area contributed by atoms with Gasteiger partial charge in [-0.2, -0.15) is 0 Å². The van der Waals surface area contributed by atoms with E-state index < -0.39 is 12.0 Å². The van der Waals surface area contributed by atoms with Gasteiger partial charge >= 0.3 is 6.09 Å². The van der Waals surface area contributed by atoms with Crippen LogP contribution in [0.5, 0.6) is 0 Å². The van der Waals surface area contributed by atoms with Crippen LogP contribution in [0.15, 0.2) is 35.2 Å². The number of nitrogens with two attached hydrogens (primary N) is 1. The Hall–Kier alpha value is -2.92. The molecule has 154 valence electrons. The van der Waals surface area contributed by atoms with E-state index in [-0.39, 0.29) is 29.9 Å². The van der Waals surface area contributed by atoms with Crippen LogP contribution in [0.2, 0.25) is 0 Å². The van der Waals surface area contributed by atoms with Gasteiger partial charge in [-0.05, 0) is 40.5 Å². The van der Waals surface area contributed by atoms with Crippen molar-refractivity contribution in [1.82, 2.24) is 15.3 Å². The van der Waals surface area contributed by atoms with E-state index in [2.05, 4.69) is 36.5 Å². The number of hydrogen-bond donors (Lipinski definition) is 5. The van der Waals surface area contributed by atoms with E-state index in [9.17, 15) is 14.7 Å². The van der Waals surface area contributed by atoms with Crippen molar-refractivity contribution in [3.8, 4) is 0 Å². The van der Waals surface area contributed by atoms with Gasteiger partial charge in [0, 0.05) is 31.8 Å². The number of piperidine rings is 1. The second kappa shape index (κ2) is 9.05. The summed E-state index contributed by atoms with van der Waals surface area (Å²) >= 11 is 3.22. The molecule has 1 fully saturated rings. The van der Waals surface area contributed by atoms with Crippen LogP contribution in [-0.2, 0) is 0 Å². The van der Waals surface area contributed by atoms with Gasteiger partial charge in [0.2, 0.25) is 0 Å². The lowest BCUT2D eigenvalue weighted by Crippen LogP contribution is -2.51. The molecule has 1 saturated heterocycles. The number of hydrogen-bond acceptors (Lipinski definition) is 7. The third-order valence-corrected chi connectivity index (χ3v) is 5.06. The molecule has 0 aromatic carbocycles. The monoisotopic (exact) mass is 464 g/mol. The maximum atomic E-state index is 12.7. The minimum atomic E-state index is -1.12. The van der Waals surface area contributed by atoms with Crippen LogP contribution < -0.4 is 21.3 Å². The summed E-state index contributed by atoms with van der Waals surface area (Å²) in [6.45, 7) is 0.838. The van der Waals surface area contributed by atoms with Crippen molar-refractivity contribution in [2.45, 2.75) is 12.5 Å². The second-order valence-corrected chi connectivity index (χ2v) is 7.57. The fourth-order valence-corrected chi connectivity index (χ4v) is 3.69. The Bertz CT molecular complexity index is 912. The van der Waals surface area contributed by atoms with Gasteiger partial charge in [0.25, 0.3) is 5.91 Å². The van der Waals surface area contributed by atoms with Gasteiger partial charge in [-0.25, -0.2) is 9.78 Å². The predicted molar refractivity (Wildman–Crippen MR) is 111 cm³/mol. The molecule has 3 rings (SSSR count). The fourth-order valence-electron chi connectivity index (χ4n) is 3.38. The highest BCUT2D eigenvalue weighted by Gasteiger charge is 2.29. The molecule has 0 aliphatic carbocycles. The van der Waals surface area contributed by atoms with E-state index in [1.807, 2.05) is 4.90 Å².